The summed E-state index contributed by atoms with van der Waals surface area (Å²) in [6, 6.07) is 1.25. The molecule has 1 fully saturated rings. The summed E-state index contributed by atoms with van der Waals surface area (Å²) in [5.41, 5.74) is -0.274. The minimum Gasteiger partial charge on any atom is -0.339 e. The minimum atomic E-state index is -0.274. The van der Waals surface area contributed by atoms with Gasteiger partial charge < -0.3 is 9.80 Å². The summed E-state index contributed by atoms with van der Waals surface area (Å²) in [5.74, 6) is 0.504. The number of aryl methyl sites for hydroxylation is 1. The number of hydrogen-bond donors (Lipinski definition) is 0. The maximum Gasteiger partial charge on any atom is 0.255 e. The van der Waals surface area contributed by atoms with Gasteiger partial charge in [-0.3, -0.25) is 14.2 Å². The standard InChI is InChI=1S/C13H19ClN4O2/c1-3-11-15-10(14)8-12(19)18(11)9-13(20)17-6-4-16(2)5-7-17/h8H,3-7,9H2,1-2H3. The Morgan fingerprint density at radius 1 is 1.35 bits per heavy atom. The third kappa shape index (κ3) is 3.37. The molecule has 0 radical (unpaired) electrons. The zero-order chi connectivity index (χ0) is 14.7. The Morgan fingerprint density at radius 3 is 2.60 bits per heavy atom. The van der Waals surface area contributed by atoms with Crippen LogP contribution in [0.3, 0.4) is 0 Å². The monoisotopic (exact) mass is 298 g/mol. The zero-order valence-electron chi connectivity index (χ0n) is 11.8. The molecular weight excluding hydrogens is 280 g/mol. The Labute approximate surface area is 123 Å². The van der Waals surface area contributed by atoms with Gasteiger partial charge in [0.05, 0.1) is 0 Å². The Morgan fingerprint density at radius 2 is 2.00 bits per heavy atom. The van der Waals surface area contributed by atoms with E-state index >= 15 is 0 Å². The number of carbonyl (C=O) groups is 1. The van der Waals surface area contributed by atoms with Gasteiger partial charge in [-0.1, -0.05) is 18.5 Å². The fourth-order valence-electron chi connectivity index (χ4n) is 2.25. The van der Waals surface area contributed by atoms with Crippen LogP contribution < -0.4 is 5.56 Å². The molecule has 1 aliphatic heterocycles. The molecule has 0 atom stereocenters. The van der Waals surface area contributed by atoms with E-state index in [1.807, 2.05) is 14.0 Å². The second-order valence-corrected chi connectivity index (χ2v) is 5.34. The van der Waals surface area contributed by atoms with Crippen molar-refractivity contribution >= 4 is 17.5 Å². The Hall–Kier alpha value is -1.40. The summed E-state index contributed by atoms with van der Waals surface area (Å²) in [7, 11) is 2.03. The lowest BCUT2D eigenvalue weighted by Crippen LogP contribution is -2.48. The zero-order valence-corrected chi connectivity index (χ0v) is 12.6. The normalized spacial score (nSPS) is 16.4. The first-order valence-corrected chi connectivity index (χ1v) is 7.11. The Bertz CT molecular complexity index is 550. The summed E-state index contributed by atoms with van der Waals surface area (Å²) < 4.78 is 1.41. The van der Waals surface area contributed by atoms with Crippen molar-refractivity contribution in [2.45, 2.75) is 19.9 Å². The molecule has 0 aliphatic carbocycles. The maximum absolute atomic E-state index is 12.3. The van der Waals surface area contributed by atoms with Crippen molar-refractivity contribution in [2.24, 2.45) is 0 Å². The molecule has 0 N–H and O–H groups in total. The van der Waals surface area contributed by atoms with Crippen LogP contribution in [0.25, 0.3) is 0 Å². The van der Waals surface area contributed by atoms with Crippen LogP contribution in [0.2, 0.25) is 5.15 Å². The largest absolute Gasteiger partial charge is 0.339 e. The van der Waals surface area contributed by atoms with Gasteiger partial charge in [0.15, 0.2) is 0 Å². The van der Waals surface area contributed by atoms with Crippen molar-refractivity contribution in [1.29, 1.82) is 0 Å². The summed E-state index contributed by atoms with van der Waals surface area (Å²) in [6.45, 7) is 5.05. The SMILES string of the molecule is CCc1nc(Cl)cc(=O)n1CC(=O)N1CCN(C)CC1. The molecule has 6 nitrogen and oxygen atoms in total. The molecule has 1 amide bonds. The lowest BCUT2D eigenvalue weighted by Gasteiger charge is -2.32. The van der Waals surface area contributed by atoms with Gasteiger partial charge >= 0.3 is 0 Å². The molecule has 0 saturated carbocycles. The highest BCUT2D eigenvalue weighted by Gasteiger charge is 2.20. The molecule has 0 bridgehead atoms. The first-order chi connectivity index (χ1) is 9.51. The van der Waals surface area contributed by atoms with Crippen molar-refractivity contribution < 1.29 is 4.79 Å². The van der Waals surface area contributed by atoms with E-state index in [2.05, 4.69) is 9.88 Å². The van der Waals surface area contributed by atoms with Crippen LogP contribution in [0, 0.1) is 0 Å². The first-order valence-electron chi connectivity index (χ1n) is 6.74. The van der Waals surface area contributed by atoms with Crippen LogP contribution in [-0.2, 0) is 17.8 Å². The van der Waals surface area contributed by atoms with E-state index in [0.29, 0.717) is 25.3 Å². The van der Waals surface area contributed by atoms with E-state index in [1.54, 1.807) is 4.90 Å². The van der Waals surface area contributed by atoms with E-state index < -0.39 is 0 Å². The van der Waals surface area contributed by atoms with Gasteiger partial charge in [0.25, 0.3) is 5.56 Å². The van der Waals surface area contributed by atoms with Crippen LogP contribution in [-0.4, -0.2) is 58.5 Å². The predicted molar refractivity (Wildman–Crippen MR) is 77.0 cm³/mol. The Kier molecular flexibility index (Phi) is 4.77. The van der Waals surface area contributed by atoms with Crippen molar-refractivity contribution in [1.82, 2.24) is 19.4 Å². The van der Waals surface area contributed by atoms with Gasteiger partial charge in [0, 0.05) is 38.7 Å². The molecule has 1 aromatic rings. The number of aromatic nitrogens is 2. The Balaban J connectivity index is 2.14. The minimum absolute atomic E-state index is 0.0376. The predicted octanol–water partition coefficient (Wildman–Crippen LogP) is 0.233. The molecule has 1 aromatic heterocycles. The van der Waals surface area contributed by atoms with Crippen LogP contribution >= 0.6 is 11.6 Å². The van der Waals surface area contributed by atoms with Crippen LogP contribution in [0.15, 0.2) is 10.9 Å². The summed E-state index contributed by atoms with van der Waals surface area (Å²) in [5, 5.41) is 0.176. The van der Waals surface area contributed by atoms with Crippen molar-refractivity contribution in [3.8, 4) is 0 Å². The van der Waals surface area contributed by atoms with Crippen molar-refractivity contribution in [2.75, 3.05) is 33.2 Å². The highest BCUT2D eigenvalue weighted by molar-refractivity contribution is 6.29. The number of carbonyl (C=O) groups excluding carboxylic acids is 1. The topological polar surface area (TPSA) is 58.4 Å². The molecular formula is C13H19ClN4O2. The van der Waals surface area contributed by atoms with Gasteiger partial charge in [0.1, 0.15) is 17.5 Å². The number of amides is 1. The van der Waals surface area contributed by atoms with E-state index in [4.69, 9.17) is 11.6 Å². The third-order valence-electron chi connectivity index (χ3n) is 3.52. The van der Waals surface area contributed by atoms with Gasteiger partial charge in [-0.15, -0.1) is 0 Å². The van der Waals surface area contributed by atoms with Crippen LogP contribution in [0.1, 0.15) is 12.7 Å². The maximum atomic E-state index is 12.3. The molecule has 1 aliphatic rings. The van der Waals surface area contributed by atoms with Crippen molar-refractivity contribution in [3.05, 3.63) is 27.4 Å². The molecule has 110 valence electrons. The van der Waals surface area contributed by atoms with Crippen LogP contribution in [0.5, 0.6) is 0 Å². The average Bonchev–Trinajstić information content (AvgIpc) is 2.42. The fraction of sp³-hybridized carbons (Fsp3) is 0.615. The van der Waals surface area contributed by atoms with Crippen LogP contribution in [0.4, 0.5) is 0 Å². The smallest absolute Gasteiger partial charge is 0.255 e. The highest BCUT2D eigenvalue weighted by atomic mass is 35.5. The number of hydrogen-bond acceptors (Lipinski definition) is 4. The molecule has 0 aromatic carbocycles. The number of piperazine rings is 1. The molecule has 1 saturated heterocycles. The third-order valence-corrected chi connectivity index (χ3v) is 3.72. The molecule has 7 heteroatoms. The van der Waals surface area contributed by atoms with Gasteiger partial charge in [-0.2, -0.15) is 0 Å². The first kappa shape index (κ1) is 15.0. The van der Waals surface area contributed by atoms with Gasteiger partial charge in [0.2, 0.25) is 5.91 Å². The summed E-state index contributed by atoms with van der Waals surface area (Å²) in [6.07, 6.45) is 0.561. The fourth-order valence-corrected chi connectivity index (χ4v) is 2.44. The lowest BCUT2D eigenvalue weighted by molar-refractivity contribution is -0.133. The molecule has 0 unspecified atom stereocenters. The quantitative estimate of drug-likeness (QED) is 0.750. The van der Waals surface area contributed by atoms with Crippen molar-refractivity contribution in [3.63, 3.8) is 0 Å². The number of nitrogens with zero attached hydrogens (tertiary/aromatic N) is 4. The average molecular weight is 299 g/mol. The lowest BCUT2D eigenvalue weighted by atomic mass is 10.3. The van der Waals surface area contributed by atoms with E-state index in [-0.39, 0.29) is 23.2 Å². The number of halogens is 1. The van der Waals surface area contributed by atoms with Gasteiger partial charge in [-0.25, -0.2) is 4.98 Å². The highest BCUT2D eigenvalue weighted by Crippen LogP contribution is 2.05. The van der Waals surface area contributed by atoms with E-state index in [0.717, 1.165) is 13.1 Å². The van der Waals surface area contributed by atoms with E-state index in [9.17, 15) is 9.59 Å². The molecule has 2 heterocycles. The second-order valence-electron chi connectivity index (χ2n) is 4.96. The molecule has 0 spiro atoms. The second kappa shape index (κ2) is 6.37. The number of likely N-dealkylation sites (N-methyl/N-ethyl adjacent to an activating group) is 1. The molecule has 2 rings (SSSR count). The number of rotatable bonds is 3. The molecule has 20 heavy (non-hydrogen) atoms. The summed E-state index contributed by atoms with van der Waals surface area (Å²) >= 11 is 5.78. The summed E-state index contributed by atoms with van der Waals surface area (Å²) in [4.78, 5) is 32.3. The van der Waals surface area contributed by atoms with E-state index in [1.165, 1.54) is 10.6 Å². The van der Waals surface area contributed by atoms with Gasteiger partial charge in [-0.05, 0) is 7.05 Å².